The summed E-state index contributed by atoms with van der Waals surface area (Å²) in [5.74, 6) is 1.19. The molecule has 0 radical (unpaired) electrons. The summed E-state index contributed by atoms with van der Waals surface area (Å²) < 4.78 is 25.6. The van der Waals surface area contributed by atoms with Gasteiger partial charge in [-0.1, -0.05) is 0 Å². The third-order valence-electron chi connectivity index (χ3n) is 2.88. The largest absolute Gasteiger partial charge is 0.265 e. The normalized spacial score (nSPS) is 11.9. The summed E-state index contributed by atoms with van der Waals surface area (Å²) in [7, 11) is -1.79. The maximum absolute atomic E-state index is 12.2. The minimum Gasteiger partial charge on any atom is -0.265 e. The van der Waals surface area contributed by atoms with E-state index in [-0.39, 0.29) is 12.3 Å². The van der Waals surface area contributed by atoms with Gasteiger partial charge in [0.2, 0.25) is 10.0 Å². The molecule has 0 atom stereocenters. The lowest BCUT2D eigenvalue weighted by Crippen LogP contribution is -2.30. The number of hydrogen-bond acceptors (Lipinski definition) is 5. The second-order valence-electron chi connectivity index (χ2n) is 4.51. The number of nitrogens with one attached hydrogen (secondary N) is 1. The molecule has 2 heterocycles. The maximum Gasteiger partial charge on any atom is 0.214 e. The Morgan fingerprint density at radius 3 is 2.60 bits per heavy atom. The molecule has 0 aliphatic rings. The molecule has 0 spiro atoms. The van der Waals surface area contributed by atoms with Crippen LogP contribution < -0.4 is 0 Å². The topological polar surface area (TPSA) is 91.8 Å². The highest BCUT2D eigenvalue weighted by molar-refractivity contribution is 7.89. The number of H-pyrrole nitrogens is 1. The smallest absolute Gasteiger partial charge is 0.214 e. The fraction of sp³-hybridized carbons (Fsp3) is 0.417. The van der Waals surface area contributed by atoms with Crippen molar-refractivity contribution in [2.45, 2.75) is 19.9 Å². The molecule has 108 valence electrons. The number of nitrogens with zero attached hydrogens (tertiary/aromatic N) is 4. The van der Waals surface area contributed by atoms with E-state index in [2.05, 4.69) is 20.2 Å². The second kappa shape index (κ2) is 6.10. The fourth-order valence-corrected chi connectivity index (χ4v) is 2.83. The molecule has 2 rings (SSSR count). The predicted octanol–water partition coefficient (Wildman–Crippen LogP) is 0.512. The molecule has 0 fully saturated rings. The number of hydrogen-bond donors (Lipinski definition) is 1. The summed E-state index contributed by atoms with van der Waals surface area (Å²) in [6.45, 7) is 1.94. The van der Waals surface area contributed by atoms with Gasteiger partial charge < -0.3 is 0 Å². The Balaban J connectivity index is 1.95. The van der Waals surface area contributed by atoms with E-state index in [1.54, 1.807) is 19.3 Å². The van der Waals surface area contributed by atoms with Gasteiger partial charge in [0.25, 0.3) is 0 Å². The molecule has 2 aromatic rings. The average Bonchev–Trinajstić information content (AvgIpc) is 2.83. The highest BCUT2D eigenvalue weighted by Gasteiger charge is 2.19. The van der Waals surface area contributed by atoms with E-state index in [0.717, 1.165) is 5.56 Å². The minimum absolute atomic E-state index is 0.0525. The quantitative estimate of drug-likeness (QED) is 0.838. The van der Waals surface area contributed by atoms with Crippen molar-refractivity contribution in [3.8, 4) is 0 Å². The van der Waals surface area contributed by atoms with Gasteiger partial charge in [0.1, 0.15) is 5.82 Å². The minimum atomic E-state index is -3.33. The first-order valence-electron chi connectivity index (χ1n) is 6.18. The zero-order valence-corrected chi connectivity index (χ0v) is 12.3. The molecular formula is C12H17N5O2S. The number of aromatic nitrogens is 4. The van der Waals surface area contributed by atoms with E-state index < -0.39 is 10.0 Å². The first-order chi connectivity index (χ1) is 9.47. The van der Waals surface area contributed by atoms with Crippen molar-refractivity contribution < 1.29 is 8.42 Å². The van der Waals surface area contributed by atoms with Crippen LogP contribution in [0.4, 0.5) is 0 Å². The molecule has 0 aromatic carbocycles. The SMILES string of the molecule is Cc1nc(CN(C)S(=O)(=O)CCc2ccncc2)n[nH]1. The number of aryl methyl sites for hydroxylation is 2. The summed E-state index contributed by atoms with van der Waals surface area (Å²) in [5.41, 5.74) is 0.950. The lowest BCUT2D eigenvalue weighted by molar-refractivity contribution is 0.457. The molecule has 0 aliphatic carbocycles. The maximum atomic E-state index is 12.2. The zero-order chi connectivity index (χ0) is 14.6. The van der Waals surface area contributed by atoms with Gasteiger partial charge in [-0.05, 0) is 31.0 Å². The molecule has 0 bridgehead atoms. The molecule has 8 heteroatoms. The molecular weight excluding hydrogens is 278 g/mol. The van der Waals surface area contributed by atoms with Crippen LogP contribution in [-0.2, 0) is 23.0 Å². The van der Waals surface area contributed by atoms with Gasteiger partial charge in [-0.2, -0.15) is 9.40 Å². The Hall–Kier alpha value is -1.80. The summed E-state index contributed by atoms with van der Waals surface area (Å²) in [4.78, 5) is 8.00. The van der Waals surface area contributed by atoms with Crippen molar-refractivity contribution in [3.63, 3.8) is 0 Å². The van der Waals surface area contributed by atoms with Crippen LogP contribution >= 0.6 is 0 Å². The van der Waals surface area contributed by atoms with Crippen molar-refractivity contribution in [2.75, 3.05) is 12.8 Å². The Labute approximate surface area is 118 Å². The molecule has 0 saturated carbocycles. The van der Waals surface area contributed by atoms with Crippen LogP contribution in [0.15, 0.2) is 24.5 Å². The van der Waals surface area contributed by atoms with Crippen LogP contribution in [0, 0.1) is 6.92 Å². The van der Waals surface area contributed by atoms with Gasteiger partial charge in [0.15, 0.2) is 5.82 Å². The summed E-state index contributed by atoms with van der Waals surface area (Å²) in [5, 5.41) is 6.63. The molecule has 0 aliphatic heterocycles. The standard InChI is InChI=1S/C12H17N5O2S/c1-10-14-12(16-15-10)9-17(2)20(18,19)8-5-11-3-6-13-7-4-11/h3-4,6-7H,5,8-9H2,1-2H3,(H,14,15,16). The number of rotatable bonds is 6. The van der Waals surface area contributed by atoms with Crippen LogP contribution in [0.25, 0.3) is 0 Å². The van der Waals surface area contributed by atoms with E-state index in [1.807, 2.05) is 12.1 Å². The number of aromatic amines is 1. The van der Waals surface area contributed by atoms with Crippen molar-refractivity contribution in [3.05, 3.63) is 41.7 Å². The van der Waals surface area contributed by atoms with E-state index in [4.69, 9.17) is 0 Å². The first-order valence-corrected chi connectivity index (χ1v) is 7.79. The van der Waals surface area contributed by atoms with Gasteiger partial charge in [-0.15, -0.1) is 0 Å². The van der Waals surface area contributed by atoms with E-state index in [9.17, 15) is 8.42 Å². The lowest BCUT2D eigenvalue weighted by Gasteiger charge is -2.15. The monoisotopic (exact) mass is 295 g/mol. The van der Waals surface area contributed by atoms with Gasteiger partial charge in [0.05, 0.1) is 12.3 Å². The average molecular weight is 295 g/mol. The molecule has 7 nitrogen and oxygen atoms in total. The van der Waals surface area contributed by atoms with Gasteiger partial charge in [-0.25, -0.2) is 13.4 Å². The Bertz CT molecular complexity index is 653. The fourth-order valence-electron chi connectivity index (χ4n) is 1.71. The van der Waals surface area contributed by atoms with Crippen LogP contribution in [0.1, 0.15) is 17.2 Å². The molecule has 0 unspecified atom stereocenters. The highest BCUT2D eigenvalue weighted by atomic mass is 32.2. The molecule has 20 heavy (non-hydrogen) atoms. The Morgan fingerprint density at radius 2 is 2.00 bits per heavy atom. The molecule has 0 amide bonds. The van der Waals surface area contributed by atoms with Gasteiger partial charge in [0, 0.05) is 19.4 Å². The lowest BCUT2D eigenvalue weighted by atomic mass is 10.2. The van der Waals surface area contributed by atoms with E-state index in [0.29, 0.717) is 18.1 Å². The van der Waals surface area contributed by atoms with Crippen molar-refractivity contribution in [1.82, 2.24) is 24.5 Å². The zero-order valence-electron chi connectivity index (χ0n) is 11.4. The van der Waals surface area contributed by atoms with E-state index in [1.165, 1.54) is 11.4 Å². The summed E-state index contributed by atoms with van der Waals surface area (Å²) in [6, 6.07) is 3.63. The van der Waals surface area contributed by atoms with Crippen LogP contribution in [-0.4, -0.2) is 45.7 Å². The molecule has 1 N–H and O–H groups in total. The third kappa shape index (κ3) is 3.84. The third-order valence-corrected chi connectivity index (χ3v) is 4.68. The summed E-state index contributed by atoms with van der Waals surface area (Å²) in [6.07, 6.45) is 3.77. The number of sulfonamides is 1. The highest BCUT2D eigenvalue weighted by Crippen LogP contribution is 2.07. The van der Waals surface area contributed by atoms with Crippen LogP contribution in [0.3, 0.4) is 0 Å². The Kier molecular flexibility index (Phi) is 4.46. The van der Waals surface area contributed by atoms with E-state index >= 15 is 0 Å². The Morgan fingerprint density at radius 1 is 1.30 bits per heavy atom. The van der Waals surface area contributed by atoms with Gasteiger partial charge in [-0.3, -0.25) is 10.1 Å². The molecule has 2 aromatic heterocycles. The van der Waals surface area contributed by atoms with Crippen LogP contribution in [0.5, 0.6) is 0 Å². The number of pyridine rings is 1. The molecule has 0 saturated heterocycles. The van der Waals surface area contributed by atoms with Crippen LogP contribution in [0.2, 0.25) is 0 Å². The first kappa shape index (κ1) is 14.6. The van der Waals surface area contributed by atoms with Crippen molar-refractivity contribution in [2.24, 2.45) is 0 Å². The van der Waals surface area contributed by atoms with Crippen molar-refractivity contribution in [1.29, 1.82) is 0 Å². The van der Waals surface area contributed by atoms with Gasteiger partial charge >= 0.3 is 0 Å². The predicted molar refractivity (Wildman–Crippen MR) is 74.3 cm³/mol. The van der Waals surface area contributed by atoms with Crippen molar-refractivity contribution >= 4 is 10.0 Å². The second-order valence-corrected chi connectivity index (χ2v) is 6.71. The summed E-state index contributed by atoms with van der Waals surface area (Å²) >= 11 is 0.